The Morgan fingerprint density at radius 2 is 1.79 bits per heavy atom. The fourth-order valence-corrected chi connectivity index (χ4v) is 4.50. The first-order valence-corrected chi connectivity index (χ1v) is 10.9. The van der Waals surface area contributed by atoms with Gasteiger partial charge in [-0.15, -0.1) is 0 Å². The summed E-state index contributed by atoms with van der Waals surface area (Å²) < 4.78 is 6.67. The minimum absolute atomic E-state index is 0.150. The predicted molar refractivity (Wildman–Crippen MR) is 120 cm³/mol. The summed E-state index contributed by atoms with van der Waals surface area (Å²) in [6.45, 7) is 1.92. The molecule has 0 spiro atoms. The highest BCUT2D eigenvalue weighted by Gasteiger charge is 2.13. The minimum atomic E-state index is -0.150. The second kappa shape index (κ2) is 9.54. The molecule has 28 heavy (non-hydrogen) atoms. The molecule has 2 aromatic carbocycles. The van der Waals surface area contributed by atoms with Gasteiger partial charge in [0.05, 0.1) is 24.2 Å². The van der Waals surface area contributed by atoms with Gasteiger partial charge in [0.2, 0.25) is 5.91 Å². The molecule has 0 radical (unpaired) electrons. The Balaban J connectivity index is 1.69. The summed E-state index contributed by atoms with van der Waals surface area (Å²) in [5, 5.41) is 3.47. The predicted octanol–water partition coefficient (Wildman–Crippen LogP) is 5.72. The lowest BCUT2D eigenvalue weighted by Crippen LogP contribution is -2.15. The molecule has 0 aliphatic heterocycles. The highest BCUT2D eigenvalue weighted by molar-refractivity contribution is 9.11. The van der Waals surface area contributed by atoms with Gasteiger partial charge in [-0.25, -0.2) is 9.97 Å². The molecule has 0 atom stereocenters. The zero-order valence-electron chi connectivity index (χ0n) is 15.2. The molecule has 3 rings (SSSR count). The van der Waals surface area contributed by atoms with Crippen molar-refractivity contribution in [3.8, 4) is 17.0 Å². The number of hydrogen-bond donors (Lipinski definition) is 1. The third-order valence-electron chi connectivity index (χ3n) is 3.75. The van der Waals surface area contributed by atoms with Crippen LogP contribution in [0.5, 0.6) is 5.75 Å². The van der Waals surface area contributed by atoms with E-state index in [4.69, 9.17) is 4.74 Å². The molecule has 0 saturated carbocycles. The molecule has 1 N–H and O–H groups in total. The van der Waals surface area contributed by atoms with E-state index >= 15 is 0 Å². The fraction of sp³-hybridized carbons (Fsp3) is 0.150. The number of ether oxygens (including phenoxy) is 1. The number of rotatable bonds is 6. The van der Waals surface area contributed by atoms with Crippen LogP contribution < -0.4 is 10.1 Å². The van der Waals surface area contributed by atoms with Crippen LogP contribution in [0.3, 0.4) is 0 Å². The van der Waals surface area contributed by atoms with Crippen molar-refractivity contribution in [3.05, 3.63) is 63.2 Å². The number of benzene rings is 2. The van der Waals surface area contributed by atoms with Crippen molar-refractivity contribution in [1.82, 2.24) is 9.97 Å². The molecule has 8 heteroatoms. The van der Waals surface area contributed by atoms with E-state index in [1.54, 1.807) is 19.2 Å². The summed E-state index contributed by atoms with van der Waals surface area (Å²) in [6.07, 6.45) is 0. The van der Waals surface area contributed by atoms with Crippen LogP contribution >= 0.6 is 43.6 Å². The van der Waals surface area contributed by atoms with E-state index in [9.17, 15) is 4.79 Å². The summed E-state index contributed by atoms with van der Waals surface area (Å²) in [6, 6.07) is 15.4. The Labute approximate surface area is 184 Å². The normalized spacial score (nSPS) is 10.6. The van der Waals surface area contributed by atoms with Crippen LogP contribution in [-0.2, 0) is 4.79 Å². The molecule has 1 aromatic heterocycles. The summed E-state index contributed by atoms with van der Waals surface area (Å²) in [7, 11) is 1.59. The van der Waals surface area contributed by atoms with Gasteiger partial charge in [-0.2, -0.15) is 0 Å². The molecule has 0 bridgehead atoms. The van der Waals surface area contributed by atoms with Gasteiger partial charge in [0.25, 0.3) is 0 Å². The number of aryl methyl sites for hydroxylation is 1. The molecule has 0 unspecified atom stereocenters. The fourth-order valence-electron chi connectivity index (χ4n) is 2.46. The smallest absolute Gasteiger partial charge is 0.234 e. The largest absolute Gasteiger partial charge is 0.497 e. The van der Waals surface area contributed by atoms with Gasteiger partial charge in [0.15, 0.2) is 5.16 Å². The molecule has 0 saturated heterocycles. The van der Waals surface area contributed by atoms with Gasteiger partial charge in [-0.1, -0.05) is 42.1 Å². The number of aromatic nitrogens is 2. The quantitative estimate of drug-likeness (QED) is 0.331. The standard InChI is InChI=1S/C20H17Br2N3O2S/c1-12-8-17(13-6-4-3-5-7-13)24-20(23-12)28-11-18(26)25-19-15(21)9-14(27-2)10-16(19)22/h3-10H,11H2,1-2H3,(H,25,26). The SMILES string of the molecule is COc1cc(Br)c(NC(=O)CSc2nc(C)cc(-c3ccccc3)n2)c(Br)c1. The summed E-state index contributed by atoms with van der Waals surface area (Å²) in [4.78, 5) is 21.4. The lowest BCUT2D eigenvalue weighted by Gasteiger charge is -2.11. The molecule has 0 aliphatic rings. The van der Waals surface area contributed by atoms with Gasteiger partial charge < -0.3 is 10.1 Å². The van der Waals surface area contributed by atoms with Gasteiger partial charge in [0, 0.05) is 20.2 Å². The first-order valence-electron chi connectivity index (χ1n) is 8.33. The number of amides is 1. The van der Waals surface area contributed by atoms with Crippen molar-refractivity contribution in [1.29, 1.82) is 0 Å². The molecule has 144 valence electrons. The number of thioether (sulfide) groups is 1. The zero-order chi connectivity index (χ0) is 20.1. The highest BCUT2D eigenvalue weighted by Crippen LogP contribution is 2.35. The van der Waals surface area contributed by atoms with E-state index in [2.05, 4.69) is 47.1 Å². The average molecular weight is 523 g/mol. The number of carbonyl (C=O) groups is 1. The van der Waals surface area contributed by atoms with Gasteiger partial charge >= 0.3 is 0 Å². The van der Waals surface area contributed by atoms with Crippen LogP contribution in [0.25, 0.3) is 11.3 Å². The first-order chi connectivity index (χ1) is 13.5. The average Bonchev–Trinajstić information content (AvgIpc) is 2.69. The Hall–Kier alpha value is -1.90. The van der Waals surface area contributed by atoms with Crippen LogP contribution in [0.1, 0.15) is 5.69 Å². The molecular weight excluding hydrogens is 506 g/mol. The monoisotopic (exact) mass is 521 g/mol. The lowest BCUT2D eigenvalue weighted by atomic mass is 10.1. The van der Waals surface area contributed by atoms with Crippen molar-refractivity contribution in [3.63, 3.8) is 0 Å². The minimum Gasteiger partial charge on any atom is -0.497 e. The van der Waals surface area contributed by atoms with Crippen LogP contribution in [-0.4, -0.2) is 28.7 Å². The third-order valence-corrected chi connectivity index (χ3v) is 5.85. The van der Waals surface area contributed by atoms with E-state index in [1.807, 2.05) is 43.3 Å². The number of nitrogens with one attached hydrogen (secondary N) is 1. The van der Waals surface area contributed by atoms with Crippen LogP contribution in [0.2, 0.25) is 0 Å². The first kappa shape index (κ1) is 20.8. The summed E-state index contributed by atoms with van der Waals surface area (Å²) in [5.41, 5.74) is 3.38. The van der Waals surface area contributed by atoms with E-state index in [-0.39, 0.29) is 11.7 Å². The van der Waals surface area contributed by atoms with Crippen molar-refractivity contribution in [2.75, 3.05) is 18.2 Å². The van der Waals surface area contributed by atoms with E-state index in [0.29, 0.717) is 16.6 Å². The van der Waals surface area contributed by atoms with E-state index in [1.165, 1.54) is 11.8 Å². The Morgan fingerprint density at radius 1 is 1.11 bits per heavy atom. The Morgan fingerprint density at radius 3 is 2.43 bits per heavy atom. The maximum absolute atomic E-state index is 12.4. The van der Waals surface area contributed by atoms with Crippen LogP contribution in [0.4, 0.5) is 5.69 Å². The van der Waals surface area contributed by atoms with E-state index < -0.39 is 0 Å². The van der Waals surface area contributed by atoms with Crippen LogP contribution in [0.15, 0.2) is 62.6 Å². The molecule has 5 nitrogen and oxygen atoms in total. The molecule has 0 aliphatic carbocycles. The van der Waals surface area contributed by atoms with Crippen molar-refractivity contribution in [2.45, 2.75) is 12.1 Å². The zero-order valence-corrected chi connectivity index (χ0v) is 19.2. The molecule has 1 heterocycles. The lowest BCUT2D eigenvalue weighted by molar-refractivity contribution is -0.113. The second-order valence-corrected chi connectivity index (χ2v) is 8.50. The number of carbonyl (C=O) groups excluding carboxylic acids is 1. The maximum Gasteiger partial charge on any atom is 0.234 e. The Bertz CT molecular complexity index is 977. The van der Waals surface area contributed by atoms with Crippen LogP contribution in [0, 0.1) is 6.92 Å². The van der Waals surface area contributed by atoms with E-state index in [0.717, 1.165) is 25.9 Å². The van der Waals surface area contributed by atoms with Gasteiger partial charge in [-0.05, 0) is 57.0 Å². The number of halogens is 2. The van der Waals surface area contributed by atoms with Crippen molar-refractivity contribution < 1.29 is 9.53 Å². The van der Waals surface area contributed by atoms with Crippen molar-refractivity contribution >= 4 is 55.2 Å². The number of hydrogen-bond acceptors (Lipinski definition) is 5. The highest BCUT2D eigenvalue weighted by atomic mass is 79.9. The molecule has 3 aromatic rings. The summed E-state index contributed by atoms with van der Waals surface area (Å²) >= 11 is 8.20. The Kier molecular flexibility index (Phi) is 7.09. The van der Waals surface area contributed by atoms with Gasteiger partial charge in [-0.3, -0.25) is 4.79 Å². The maximum atomic E-state index is 12.4. The molecular formula is C20H17Br2N3O2S. The number of nitrogens with zero attached hydrogens (tertiary/aromatic N) is 2. The number of methoxy groups -OCH3 is 1. The summed E-state index contributed by atoms with van der Waals surface area (Å²) in [5.74, 6) is 0.735. The second-order valence-electron chi connectivity index (χ2n) is 5.85. The topological polar surface area (TPSA) is 64.1 Å². The van der Waals surface area contributed by atoms with Crippen molar-refractivity contribution in [2.24, 2.45) is 0 Å². The molecule has 1 amide bonds. The molecule has 0 fully saturated rings. The third kappa shape index (κ3) is 5.33. The number of anilines is 1. The van der Waals surface area contributed by atoms with Gasteiger partial charge in [0.1, 0.15) is 5.75 Å².